The molecule has 0 fully saturated rings. The van der Waals surface area contributed by atoms with E-state index in [-0.39, 0.29) is 41.0 Å². The fourth-order valence-corrected chi connectivity index (χ4v) is 3.20. The van der Waals surface area contributed by atoms with Gasteiger partial charge in [-0.3, -0.25) is 4.40 Å². The summed E-state index contributed by atoms with van der Waals surface area (Å²) in [6, 6.07) is 10.2. The van der Waals surface area contributed by atoms with Crippen molar-refractivity contribution >= 4 is 17.3 Å². The highest BCUT2D eigenvalue weighted by Crippen LogP contribution is 2.31. The Hall–Kier alpha value is -4.65. The quantitative estimate of drug-likeness (QED) is 0.357. The third kappa shape index (κ3) is 4.19. The van der Waals surface area contributed by atoms with Crippen molar-refractivity contribution in [3.05, 3.63) is 83.1 Å². The lowest BCUT2D eigenvalue weighted by Crippen LogP contribution is -2.10. The van der Waals surface area contributed by atoms with Crippen LogP contribution in [0.5, 0.6) is 11.5 Å². The molecule has 172 valence electrons. The summed E-state index contributed by atoms with van der Waals surface area (Å²) in [5, 5.41) is 0. The minimum absolute atomic E-state index is 0.0159. The van der Waals surface area contributed by atoms with Gasteiger partial charge in [0.2, 0.25) is 5.82 Å². The van der Waals surface area contributed by atoms with Crippen LogP contribution in [0.4, 0.5) is 14.6 Å². The van der Waals surface area contributed by atoms with Crippen molar-refractivity contribution in [3.63, 3.8) is 0 Å². The Bertz CT molecular complexity index is 1410. The summed E-state index contributed by atoms with van der Waals surface area (Å²) in [6.07, 6.45) is 2.83. The third-order valence-electron chi connectivity index (χ3n) is 4.86. The van der Waals surface area contributed by atoms with Gasteiger partial charge in [0.1, 0.15) is 23.4 Å². The SMILES string of the molecule is COc1cc(OC)c(F)c(C#Cc2nc(C(=O)OCc3ccccc3)n3ccnc(N)c23)c1F. The third-order valence-corrected chi connectivity index (χ3v) is 4.86. The monoisotopic (exact) mass is 464 g/mol. The molecule has 10 heteroatoms. The van der Waals surface area contributed by atoms with E-state index in [0.29, 0.717) is 0 Å². The van der Waals surface area contributed by atoms with Gasteiger partial charge in [-0.15, -0.1) is 0 Å². The van der Waals surface area contributed by atoms with E-state index in [1.54, 1.807) is 12.1 Å². The highest BCUT2D eigenvalue weighted by molar-refractivity contribution is 5.89. The predicted octanol–water partition coefficient (Wildman–Crippen LogP) is 3.36. The van der Waals surface area contributed by atoms with Gasteiger partial charge in [-0.1, -0.05) is 36.3 Å². The number of anilines is 1. The predicted molar refractivity (Wildman–Crippen MR) is 118 cm³/mol. The van der Waals surface area contributed by atoms with Gasteiger partial charge in [-0.05, 0) is 11.5 Å². The first-order valence-corrected chi connectivity index (χ1v) is 9.90. The first kappa shape index (κ1) is 22.5. The number of nitrogen functional groups attached to an aromatic ring is 1. The van der Waals surface area contributed by atoms with Crippen molar-refractivity contribution in [1.29, 1.82) is 0 Å². The van der Waals surface area contributed by atoms with Crippen molar-refractivity contribution in [1.82, 2.24) is 14.4 Å². The summed E-state index contributed by atoms with van der Waals surface area (Å²) < 4.78 is 45.9. The highest BCUT2D eigenvalue weighted by atomic mass is 19.1. The smallest absolute Gasteiger partial charge is 0.375 e. The van der Waals surface area contributed by atoms with Gasteiger partial charge in [0.05, 0.1) is 14.2 Å². The van der Waals surface area contributed by atoms with E-state index in [2.05, 4.69) is 21.8 Å². The molecule has 2 aromatic heterocycles. The summed E-state index contributed by atoms with van der Waals surface area (Å²) in [5.41, 5.74) is 6.35. The molecule has 0 radical (unpaired) electrons. The molecule has 34 heavy (non-hydrogen) atoms. The number of nitrogens with zero attached hydrogens (tertiary/aromatic N) is 3. The Morgan fingerprint density at radius 2 is 1.76 bits per heavy atom. The molecule has 0 spiro atoms. The lowest BCUT2D eigenvalue weighted by Gasteiger charge is -2.08. The van der Waals surface area contributed by atoms with E-state index >= 15 is 0 Å². The molecular weight excluding hydrogens is 446 g/mol. The van der Waals surface area contributed by atoms with Crippen LogP contribution in [0.15, 0.2) is 48.8 Å². The number of methoxy groups -OCH3 is 2. The second-order valence-electron chi connectivity index (χ2n) is 6.91. The van der Waals surface area contributed by atoms with Crippen molar-refractivity contribution in [2.75, 3.05) is 20.0 Å². The van der Waals surface area contributed by atoms with Gasteiger partial charge in [0.15, 0.2) is 29.0 Å². The molecule has 0 aliphatic carbocycles. The Balaban J connectivity index is 1.76. The highest BCUT2D eigenvalue weighted by Gasteiger charge is 2.22. The Morgan fingerprint density at radius 3 is 2.41 bits per heavy atom. The largest absolute Gasteiger partial charge is 0.493 e. The summed E-state index contributed by atoms with van der Waals surface area (Å²) >= 11 is 0. The Morgan fingerprint density at radius 1 is 1.09 bits per heavy atom. The van der Waals surface area contributed by atoms with Crippen LogP contribution in [0.25, 0.3) is 5.52 Å². The van der Waals surface area contributed by atoms with Gasteiger partial charge in [0, 0.05) is 18.5 Å². The molecule has 8 nitrogen and oxygen atoms in total. The second kappa shape index (κ2) is 9.46. The number of carbonyl (C=O) groups excluding carboxylic acids is 1. The van der Waals surface area contributed by atoms with Crippen molar-refractivity contribution in [3.8, 4) is 23.3 Å². The van der Waals surface area contributed by atoms with Crippen LogP contribution in [0.3, 0.4) is 0 Å². The molecule has 2 aromatic carbocycles. The van der Waals surface area contributed by atoms with Gasteiger partial charge < -0.3 is 19.9 Å². The Kier molecular flexibility index (Phi) is 6.27. The molecule has 2 N–H and O–H groups in total. The number of aromatic nitrogens is 3. The Labute approximate surface area is 192 Å². The molecule has 4 aromatic rings. The van der Waals surface area contributed by atoms with Gasteiger partial charge in [-0.25, -0.2) is 23.5 Å². The summed E-state index contributed by atoms with van der Waals surface area (Å²) in [6.45, 7) is 0.0240. The zero-order valence-electron chi connectivity index (χ0n) is 18.1. The van der Waals surface area contributed by atoms with Crippen LogP contribution in [-0.4, -0.2) is 34.6 Å². The van der Waals surface area contributed by atoms with Gasteiger partial charge >= 0.3 is 5.97 Å². The number of ether oxygens (including phenoxy) is 3. The second-order valence-corrected chi connectivity index (χ2v) is 6.91. The average Bonchev–Trinajstić information content (AvgIpc) is 3.23. The zero-order chi connectivity index (χ0) is 24.2. The van der Waals surface area contributed by atoms with Gasteiger partial charge in [0.25, 0.3) is 0 Å². The maximum absolute atomic E-state index is 14.7. The molecule has 0 bridgehead atoms. The molecule has 2 heterocycles. The zero-order valence-corrected chi connectivity index (χ0v) is 18.1. The standard InChI is InChI=1S/C24H18F2N4O4/c1-32-17-12-18(33-2)20(26)15(19(17)25)8-9-16-21-22(27)28-10-11-30(21)23(29-16)24(31)34-13-14-6-4-3-5-7-14/h3-7,10-12H,13H2,1-2H3,(H2,27,28). The summed E-state index contributed by atoms with van der Waals surface area (Å²) in [7, 11) is 2.46. The molecule has 0 aliphatic rings. The first-order valence-electron chi connectivity index (χ1n) is 9.90. The molecule has 0 unspecified atom stereocenters. The molecule has 0 saturated heterocycles. The minimum atomic E-state index is -1.01. The molecule has 4 rings (SSSR count). The van der Waals surface area contributed by atoms with Crippen LogP contribution in [0.2, 0.25) is 0 Å². The van der Waals surface area contributed by atoms with Crippen LogP contribution in [0, 0.1) is 23.5 Å². The van der Waals surface area contributed by atoms with E-state index in [0.717, 1.165) is 11.6 Å². The topological polar surface area (TPSA) is 101 Å². The molecular formula is C24H18F2N4O4. The van der Waals surface area contributed by atoms with Crippen LogP contribution < -0.4 is 15.2 Å². The van der Waals surface area contributed by atoms with E-state index in [1.165, 1.54) is 31.0 Å². The van der Waals surface area contributed by atoms with Crippen LogP contribution >= 0.6 is 0 Å². The number of nitrogens with two attached hydrogens (primary N) is 1. The maximum atomic E-state index is 14.7. The van der Waals surface area contributed by atoms with E-state index in [4.69, 9.17) is 19.9 Å². The van der Waals surface area contributed by atoms with E-state index in [9.17, 15) is 13.6 Å². The number of hydrogen-bond acceptors (Lipinski definition) is 7. The first-order chi connectivity index (χ1) is 16.4. The number of rotatable bonds is 5. The van der Waals surface area contributed by atoms with Crippen molar-refractivity contribution < 1.29 is 27.8 Å². The number of fused-ring (bicyclic) bond motifs is 1. The number of carbonyl (C=O) groups is 1. The van der Waals surface area contributed by atoms with Crippen LogP contribution in [-0.2, 0) is 11.3 Å². The molecule has 0 saturated carbocycles. The number of benzene rings is 2. The number of imidazole rings is 1. The van der Waals surface area contributed by atoms with E-state index < -0.39 is 23.2 Å². The number of halogens is 2. The van der Waals surface area contributed by atoms with Crippen molar-refractivity contribution in [2.45, 2.75) is 6.61 Å². The van der Waals surface area contributed by atoms with Crippen molar-refractivity contribution in [2.24, 2.45) is 0 Å². The molecule has 0 atom stereocenters. The fourth-order valence-electron chi connectivity index (χ4n) is 3.20. The lowest BCUT2D eigenvalue weighted by molar-refractivity contribution is 0.0457. The summed E-state index contributed by atoms with van der Waals surface area (Å²) in [5.74, 6) is 1.64. The molecule has 0 amide bonds. The maximum Gasteiger partial charge on any atom is 0.375 e. The summed E-state index contributed by atoms with van der Waals surface area (Å²) in [4.78, 5) is 20.9. The minimum Gasteiger partial charge on any atom is -0.493 e. The van der Waals surface area contributed by atoms with Gasteiger partial charge in [-0.2, -0.15) is 0 Å². The normalized spacial score (nSPS) is 10.5. The average molecular weight is 464 g/mol. The number of esters is 1. The fraction of sp³-hybridized carbons (Fsp3) is 0.125. The van der Waals surface area contributed by atoms with E-state index in [1.807, 2.05) is 18.2 Å². The van der Waals surface area contributed by atoms with Crippen LogP contribution in [0.1, 0.15) is 27.4 Å². The molecule has 0 aliphatic heterocycles. The lowest BCUT2D eigenvalue weighted by atomic mass is 10.1. The number of hydrogen-bond donors (Lipinski definition) is 1.